The van der Waals surface area contributed by atoms with Crippen LogP contribution >= 0.6 is 0 Å². The maximum atomic E-state index is 13.6. The van der Waals surface area contributed by atoms with Gasteiger partial charge in [0, 0.05) is 54.9 Å². The lowest BCUT2D eigenvalue weighted by molar-refractivity contribution is -0.138. The van der Waals surface area contributed by atoms with Gasteiger partial charge < -0.3 is 19.9 Å². The minimum atomic E-state index is -0.805. The molecule has 3 aliphatic heterocycles. The normalized spacial score (nSPS) is 26.6. The van der Waals surface area contributed by atoms with Crippen molar-refractivity contribution >= 4 is 23.3 Å². The van der Waals surface area contributed by atoms with Crippen LogP contribution in [0.25, 0.3) is 10.4 Å². The molecular formula is C27H37N7O4. The van der Waals surface area contributed by atoms with Crippen LogP contribution in [-0.4, -0.2) is 97.0 Å². The summed E-state index contributed by atoms with van der Waals surface area (Å²) in [6.45, 7) is 8.03. The number of benzene rings is 1. The van der Waals surface area contributed by atoms with Crippen molar-refractivity contribution in [3.05, 3.63) is 40.3 Å². The van der Waals surface area contributed by atoms with Crippen molar-refractivity contribution < 1.29 is 19.1 Å². The number of amides is 2. The third kappa shape index (κ3) is 5.36. The second-order valence-corrected chi connectivity index (χ2v) is 11.3. The van der Waals surface area contributed by atoms with Crippen LogP contribution in [0.3, 0.4) is 0 Å². The summed E-state index contributed by atoms with van der Waals surface area (Å²) in [5.41, 5.74) is 10.5. The highest BCUT2D eigenvalue weighted by molar-refractivity contribution is 5.99. The average Bonchev–Trinajstić information content (AvgIpc) is 3.43. The Hall–Kier alpha value is -3.14. The molecule has 1 saturated carbocycles. The lowest BCUT2D eigenvalue weighted by Gasteiger charge is -2.43. The van der Waals surface area contributed by atoms with Gasteiger partial charge in [0.25, 0.3) is 5.91 Å². The molecule has 5 rings (SSSR count). The first-order valence-electron chi connectivity index (χ1n) is 13.7. The van der Waals surface area contributed by atoms with E-state index >= 15 is 0 Å². The molecular weight excluding hydrogens is 486 g/mol. The van der Waals surface area contributed by atoms with E-state index in [1.807, 2.05) is 26.0 Å². The Morgan fingerprint density at radius 1 is 1.16 bits per heavy atom. The average molecular weight is 524 g/mol. The quantitative estimate of drug-likeness (QED) is 0.316. The molecule has 1 aromatic carbocycles. The standard InChI is InChI=1S/C27H37N7O4/c1-17(2)14-21(27(37)34-15-22(30-31-28)25-24(34)23(35)16-38-25)29-26(36)18-6-8-20(9-7-18)33-12-10-32(11-13-33)19-4-3-5-19/h6-9,17,19,21-22,24-25H,3-5,10-16H2,1-2H3,(H,29,36)/t21-,22+,24+,25+/m0/s1. The van der Waals surface area contributed by atoms with E-state index in [0.717, 1.165) is 37.9 Å². The van der Waals surface area contributed by atoms with Crippen molar-refractivity contribution in [3.8, 4) is 0 Å². The van der Waals surface area contributed by atoms with Gasteiger partial charge in [0.15, 0.2) is 5.78 Å². The van der Waals surface area contributed by atoms with E-state index in [1.165, 1.54) is 24.2 Å². The monoisotopic (exact) mass is 523 g/mol. The topological polar surface area (TPSA) is 131 Å². The molecule has 11 nitrogen and oxygen atoms in total. The van der Waals surface area contributed by atoms with E-state index in [0.29, 0.717) is 12.0 Å². The summed E-state index contributed by atoms with van der Waals surface area (Å²) in [7, 11) is 0. The number of hydrogen-bond acceptors (Lipinski definition) is 7. The number of ketones is 1. The van der Waals surface area contributed by atoms with Gasteiger partial charge in [0.2, 0.25) is 5.91 Å². The summed E-state index contributed by atoms with van der Waals surface area (Å²) in [6.07, 6.45) is 3.77. The highest BCUT2D eigenvalue weighted by Gasteiger charge is 2.53. The number of piperazine rings is 1. The molecule has 3 heterocycles. The summed E-state index contributed by atoms with van der Waals surface area (Å²) in [6, 6.07) is 6.10. The van der Waals surface area contributed by atoms with Gasteiger partial charge in [0.05, 0.1) is 12.1 Å². The largest absolute Gasteiger partial charge is 0.369 e. The van der Waals surface area contributed by atoms with E-state index in [4.69, 9.17) is 10.3 Å². The zero-order valence-corrected chi connectivity index (χ0v) is 22.2. The highest BCUT2D eigenvalue weighted by atomic mass is 16.5. The minimum absolute atomic E-state index is 0.0944. The van der Waals surface area contributed by atoms with Crippen molar-refractivity contribution in [2.75, 3.05) is 44.2 Å². The summed E-state index contributed by atoms with van der Waals surface area (Å²) >= 11 is 0. The van der Waals surface area contributed by atoms with Crippen molar-refractivity contribution in [2.45, 2.75) is 69.8 Å². The Labute approximate surface area is 223 Å². The minimum Gasteiger partial charge on any atom is -0.369 e. The lowest BCUT2D eigenvalue weighted by Crippen LogP contribution is -2.52. The summed E-state index contributed by atoms with van der Waals surface area (Å²) in [4.78, 5) is 48.5. The molecule has 204 valence electrons. The Morgan fingerprint density at radius 3 is 2.47 bits per heavy atom. The van der Waals surface area contributed by atoms with Gasteiger partial charge in [-0.25, -0.2) is 0 Å². The number of rotatable bonds is 8. The highest BCUT2D eigenvalue weighted by Crippen LogP contribution is 2.31. The van der Waals surface area contributed by atoms with Gasteiger partial charge in [-0.15, -0.1) is 0 Å². The van der Waals surface area contributed by atoms with Crippen LogP contribution in [0.4, 0.5) is 5.69 Å². The molecule has 0 radical (unpaired) electrons. The molecule has 0 aromatic heterocycles. The van der Waals surface area contributed by atoms with Gasteiger partial charge in [-0.05, 0) is 55.0 Å². The number of azide groups is 1. The number of carbonyl (C=O) groups excluding carboxylic acids is 3. The zero-order chi connectivity index (χ0) is 26.8. The maximum Gasteiger partial charge on any atom is 0.251 e. The van der Waals surface area contributed by atoms with E-state index in [9.17, 15) is 14.4 Å². The molecule has 11 heteroatoms. The summed E-state index contributed by atoms with van der Waals surface area (Å²) in [5, 5.41) is 6.65. The molecule has 4 fully saturated rings. The molecule has 4 atom stereocenters. The molecule has 4 aliphatic rings. The summed E-state index contributed by atoms with van der Waals surface area (Å²) < 4.78 is 5.53. The SMILES string of the molecule is CC(C)C[C@H](NC(=O)c1ccc(N2CCN(C3CCC3)CC2)cc1)C(=O)N1C[C@@H](N=[N+]=[N-])[C@H]2OCC(=O)[C@H]21. The van der Waals surface area contributed by atoms with Crippen LogP contribution in [0.2, 0.25) is 0 Å². The number of fused-ring (bicyclic) bond motifs is 1. The third-order valence-corrected chi connectivity index (χ3v) is 8.35. The molecule has 1 aromatic rings. The van der Waals surface area contributed by atoms with Crippen molar-refractivity contribution in [2.24, 2.45) is 11.0 Å². The van der Waals surface area contributed by atoms with Gasteiger partial charge in [0.1, 0.15) is 18.7 Å². The fourth-order valence-electron chi connectivity index (χ4n) is 6.08. The first-order valence-corrected chi connectivity index (χ1v) is 13.7. The van der Waals surface area contributed by atoms with Crippen LogP contribution in [0, 0.1) is 5.92 Å². The van der Waals surface area contributed by atoms with E-state index < -0.39 is 24.2 Å². The molecule has 3 saturated heterocycles. The predicted octanol–water partition coefficient (Wildman–Crippen LogP) is 2.36. The Morgan fingerprint density at radius 2 is 1.87 bits per heavy atom. The summed E-state index contributed by atoms with van der Waals surface area (Å²) in [5.74, 6) is -0.760. The second kappa shape index (κ2) is 11.3. The van der Waals surface area contributed by atoms with E-state index in [-0.39, 0.29) is 36.7 Å². The van der Waals surface area contributed by atoms with E-state index in [1.54, 1.807) is 12.1 Å². The molecule has 0 unspecified atom stereocenters. The number of likely N-dealkylation sites (tertiary alicyclic amines) is 1. The van der Waals surface area contributed by atoms with Crippen LogP contribution in [0.5, 0.6) is 0 Å². The van der Waals surface area contributed by atoms with Crippen LogP contribution in [0.1, 0.15) is 49.9 Å². The molecule has 1 aliphatic carbocycles. The van der Waals surface area contributed by atoms with Crippen molar-refractivity contribution in [1.29, 1.82) is 0 Å². The predicted molar refractivity (Wildman–Crippen MR) is 142 cm³/mol. The number of nitrogens with one attached hydrogen (secondary N) is 1. The number of carbonyl (C=O) groups is 3. The Bertz CT molecular complexity index is 1090. The maximum absolute atomic E-state index is 13.6. The van der Waals surface area contributed by atoms with Gasteiger partial charge in [-0.2, -0.15) is 0 Å². The number of ether oxygens (including phenoxy) is 1. The lowest BCUT2D eigenvalue weighted by atomic mass is 9.91. The van der Waals surface area contributed by atoms with Crippen LogP contribution < -0.4 is 10.2 Å². The first kappa shape index (κ1) is 26.5. The number of nitrogens with zero attached hydrogens (tertiary/aromatic N) is 6. The Kier molecular flexibility index (Phi) is 7.88. The Balaban J connectivity index is 1.23. The number of anilines is 1. The molecule has 38 heavy (non-hydrogen) atoms. The molecule has 2 amide bonds. The van der Waals surface area contributed by atoms with Gasteiger partial charge in [-0.1, -0.05) is 25.4 Å². The van der Waals surface area contributed by atoms with Gasteiger partial charge >= 0.3 is 0 Å². The molecule has 0 bridgehead atoms. The molecule has 0 spiro atoms. The number of Topliss-reactive ketones (excluding diaryl/α,β-unsaturated/α-hetero) is 1. The molecule has 1 N–H and O–H groups in total. The fourth-order valence-corrected chi connectivity index (χ4v) is 6.08. The smallest absolute Gasteiger partial charge is 0.251 e. The van der Waals surface area contributed by atoms with Crippen molar-refractivity contribution in [1.82, 2.24) is 15.1 Å². The zero-order valence-electron chi connectivity index (χ0n) is 22.2. The van der Waals surface area contributed by atoms with E-state index in [2.05, 4.69) is 25.1 Å². The van der Waals surface area contributed by atoms with Crippen LogP contribution in [0.15, 0.2) is 29.4 Å². The second-order valence-electron chi connectivity index (χ2n) is 11.3. The first-order chi connectivity index (χ1) is 18.4. The fraction of sp³-hybridized carbons (Fsp3) is 0.667. The third-order valence-electron chi connectivity index (χ3n) is 8.35. The van der Waals surface area contributed by atoms with Crippen LogP contribution in [-0.2, 0) is 14.3 Å². The van der Waals surface area contributed by atoms with Gasteiger partial charge in [-0.3, -0.25) is 19.3 Å². The number of hydrogen-bond donors (Lipinski definition) is 1. The van der Waals surface area contributed by atoms with Crippen molar-refractivity contribution in [3.63, 3.8) is 0 Å².